The van der Waals surface area contributed by atoms with Gasteiger partial charge >= 0.3 is 0 Å². The van der Waals surface area contributed by atoms with Gasteiger partial charge in [-0.05, 0) is 49.6 Å². The number of hydrogen-bond acceptors (Lipinski definition) is 3. The zero-order valence-corrected chi connectivity index (χ0v) is 13.6. The summed E-state index contributed by atoms with van der Waals surface area (Å²) in [6.45, 7) is 6.52. The number of nitrogens with zero attached hydrogens (tertiary/aromatic N) is 1. The molecule has 3 rings (SSSR count). The van der Waals surface area contributed by atoms with E-state index in [1.807, 2.05) is 51.1 Å². The van der Waals surface area contributed by atoms with Crippen LogP contribution in [-0.2, 0) is 4.79 Å². The third kappa shape index (κ3) is 2.72. The summed E-state index contributed by atoms with van der Waals surface area (Å²) >= 11 is 0. The van der Waals surface area contributed by atoms with Gasteiger partial charge in [-0.2, -0.15) is 0 Å². The fourth-order valence-corrected chi connectivity index (χ4v) is 3.01. The van der Waals surface area contributed by atoms with E-state index in [1.165, 1.54) is 4.90 Å². The number of carbonyl (C=O) groups is 2. The molecule has 0 aliphatic carbocycles. The number of Topliss-reactive ketones (excluding diaryl/α,β-unsaturated/α-hetero) is 1. The highest BCUT2D eigenvalue weighted by atomic mass is 16.5. The van der Waals surface area contributed by atoms with E-state index in [2.05, 4.69) is 0 Å². The van der Waals surface area contributed by atoms with Crippen molar-refractivity contribution in [2.24, 2.45) is 0 Å². The molecule has 0 saturated heterocycles. The van der Waals surface area contributed by atoms with Crippen LogP contribution in [0.2, 0.25) is 0 Å². The van der Waals surface area contributed by atoms with Crippen LogP contribution in [0.1, 0.15) is 27.0 Å². The first kappa shape index (κ1) is 15.3. The van der Waals surface area contributed by atoms with Gasteiger partial charge in [0.25, 0.3) is 11.7 Å². The maximum Gasteiger partial charge on any atom is 0.299 e. The lowest BCUT2D eigenvalue weighted by molar-refractivity contribution is -0.114. The minimum atomic E-state index is -0.470. The molecular formula is C19H19NO3. The lowest BCUT2D eigenvalue weighted by atomic mass is 10.0. The Morgan fingerprint density at radius 2 is 1.74 bits per heavy atom. The second-order valence-corrected chi connectivity index (χ2v) is 5.88. The fourth-order valence-electron chi connectivity index (χ4n) is 3.01. The Kier molecular flexibility index (Phi) is 3.90. The Balaban J connectivity index is 1.78. The van der Waals surface area contributed by atoms with E-state index < -0.39 is 11.7 Å². The molecule has 0 atom stereocenters. The van der Waals surface area contributed by atoms with Gasteiger partial charge in [-0.25, -0.2) is 0 Å². The Morgan fingerprint density at radius 1 is 1.00 bits per heavy atom. The maximum atomic E-state index is 12.3. The predicted molar refractivity (Wildman–Crippen MR) is 89.3 cm³/mol. The Morgan fingerprint density at radius 3 is 2.48 bits per heavy atom. The summed E-state index contributed by atoms with van der Waals surface area (Å²) in [5.41, 5.74) is 4.20. The number of benzene rings is 2. The second-order valence-electron chi connectivity index (χ2n) is 5.88. The smallest absolute Gasteiger partial charge is 0.299 e. The van der Waals surface area contributed by atoms with E-state index in [0.29, 0.717) is 18.7 Å². The average molecular weight is 309 g/mol. The van der Waals surface area contributed by atoms with Gasteiger partial charge < -0.3 is 9.64 Å². The van der Waals surface area contributed by atoms with Crippen LogP contribution in [0.3, 0.4) is 0 Å². The molecule has 0 unspecified atom stereocenters. The molecule has 0 spiro atoms. The number of aryl methyl sites for hydroxylation is 3. The van der Waals surface area contributed by atoms with Gasteiger partial charge in [0.1, 0.15) is 12.4 Å². The standard InChI is InChI=1S/C19H19NO3/c1-12-10-14(3)17-15(11-12)18(21)19(22)20(17)8-9-23-16-7-5-4-6-13(16)2/h4-7,10-11H,8-9H2,1-3H3. The van der Waals surface area contributed by atoms with Crippen LogP contribution in [0.15, 0.2) is 36.4 Å². The Labute approximate surface area is 135 Å². The number of carbonyl (C=O) groups excluding carboxylic acids is 2. The minimum absolute atomic E-state index is 0.344. The van der Waals surface area contributed by atoms with Gasteiger partial charge in [0, 0.05) is 0 Å². The summed E-state index contributed by atoms with van der Waals surface area (Å²) in [4.78, 5) is 26.0. The summed E-state index contributed by atoms with van der Waals surface area (Å²) in [6.07, 6.45) is 0. The monoisotopic (exact) mass is 309 g/mol. The zero-order chi connectivity index (χ0) is 16.6. The van der Waals surface area contributed by atoms with Crippen molar-refractivity contribution >= 4 is 17.4 Å². The number of anilines is 1. The third-order valence-corrected chi connectivity index (χ3v) is 4.06. The topological polar surface area (TPSA) is 46.6 Å². The number of fused-ring (bicyclic) bond motifs is 1. The number of ether oxygens (including phenoxy) is 1. The molecule has 4 heteroatoms. The molecule has 2 aromatic carbocycles. The van der Waals surface area contributed by atoms with E-state index >= 15 is 0 Å². The van der Waals surface area contributed by atoms with Crippen LogP contribution in [-0.4, -0.2) is 24.8 Å². The van der Waals surface area contributed by atoms with Crippen molar-refractivity contribution in [2.75, 3.05) is 18.1 Å². The van der Waals surface area contributed by atoms with Crippen molar-refractivity contribution < 1.29 is 14.3 Å². The molecule has 0 fully saturated rings. The third-order valence-electron chi connectivity index (χ3n) is 4.06. The summed E-state index contributed by atoms with van der Waals surface area (Å²) in [5, 5.41) is 0. The Hall–Kier alpha value is -2.62. The van der Waals surface area contributed by atoms with E-state index in [0.717, 1.165) is 28.1 Å². The number of amides is 1. The van der Waals surface area contributed by atoms with Crippen molar-refractivity contribution in [2.45, 2.75) is 20.8 Å². The lowest BCUT2D eigenvalue weighted by Crippen LogP contribution is -2.33. The first-order valence-corrected chi connectivity index (χ1v) is 7.65. The number of rotatable bonds is 4. The summed E-state index contributed by atoms with van der Waals surface area (Å²) < 4.78 is 5.76. The first-order valence-electron chi connectivity index (χ1n) is 7.65. The van der Waals surface area contributed by atoms with Gasteiger partial charge in [0.15, 0.2) is 0 Å². The van der Waals surface area contributed by atoms with Crippen molar-refractivity contribution in [3.8, 4) is 5.75 Å². The van der Waals surface area contributed by atoms with Gasteiger partial charge in [-0.1, -0.05) is 24.3 Å². The summed E-state index contributed by atoms with van der Waals surface area (Å²) in [7, 11) is 0. The van der Waals surface area contributed by atoms with Gasteiger partial charge in [-0.15, -0.1) is 0 Å². The highest BCUT2D eigenvalue weighted by Crippen LogP contribution is 2.33. The zero-order valence-electron chi connectivity index (χ0n) is 13.6. The van der Waals surface area contributed by atoms with Crippen LogP contribution in [0, 0.1) is 20.8 Å². The molecule has 0 radical (unpaired) electrons. The predicted octanol–water partition coefficient (Wildman–Crippen LogP) is 3.22. The molecule has 1 amide bonds. The molecule has 23 heavy (non-hydrogen) atoms. The molecule has 0 saturated carbocycles. The first-order chi connectivity index (χ1) is 11.0. The summed E-state index contributed by atoms with van der Waals surface area (Å²) in [5.74, 6) is -0.101. The van der Waals surface area contributed by atoms with E-state index in [4.69, 9.17) is 4.74 Å². The molecule has 0 N–H and O–H groups in total. The molecule has 0 aromatic heterocycles. The van der Waals surface area contributed by atoms with Crippen molar-refractivity contribution in [3.05, 3.63) is 58.7 Å². The van der Waals surface area contributed by atoms with E-state index in [9.17, 15) is 9.59 Å². The Bertz CT molecular complexity index is 795. The number of para-hydroxylation sites is 1. The van der Waals surface area contributed by atoms with Crippen LogP contribution in [0.25, 0.3) is 0 Å². The highest BCUT2D eigenvalue weighted by Gasteiger charge is 2.36. The largest absolute Gasteiger partial charge is 0.491 e. The molecule has 118 valence electrons. The van der Waals surface area contributed by atoms with Crippen LogP contribution in [0.5, 0.6) is 5.75 Å². The van der Waals surface area contributed by atoms with Crippen molar-refractivity contribution in [1.82, 2.24) is 0 Å². The molecule has 1 heterocycles. The van der Waals surface area contributed by atoms with Crippen LogP contribution in [0.4, 0.5) is 5.69 Å². The number of hydrogen-bond donors (Lipinski definition) is 0. The second kappa shape index (κ2) is 5.88. The molecule has 1 aliphatic heterocycles. The quantitative estimate of drug-likeness (QED) is 0.815. The minimum Gasteiger partial charge on any atom is -0.491 e. The van der Waals surface area contributed by atoms with Crippen molar-refractivity contribution in [3.63, 3.8) is 0 Å². The molecule has 0 bridgehead atoms. The summed E-state index contributed by atoms with van der Waals surface area (Å²) in [6, 6.07) is 11.5. The average Bonchev–Trinajstić information content (AvgIpc) is 2.74. The molecule has 1 aliphatic rings. The normalized spacial score (nSPS) is 13.4. The van der Waals surface area contributed by atoms with Gasteiger partial charge in [-0.3, -0.25) is 9.59 Å². The molecule has 4 nitrogen and oxygen atoms in total. The molecular weight excluding hydrogens is 290 g/mol. The molecule has 2 aromatic rings. The van der Waals surface area contributed by atoms with Gasteiger partial charge in [0.2, 0.25) is 0 Å². The lowest BCUT2D eigenvalue weighted by Gasteiger charge is -2.19. The van der Waals surface area contributed by atoms with Gasteiger partial charge in [0.05, 0.1) is 17.8 Å². The van der Waals surface area contributed by atoms with Crippen LogP contribution >= 0.6 is 0 Å². The SMILES string of the molecule is Cc1cc(C)c2c(c1)C(=O)C(=O)N2CCOc1ccccc1C. The van der Waals surface area contributed by atoms with E-state index in [-0.39, 0.29) is 0 Å². The number of ketones is 1. The van der Waals surface area contributed by atoms with Crippen LogP contribution < -0.4 is 9.64 Å². The highest BCUT2D eigenvalue weighted by molar-refractivity contribution is 6.52. The maximum absolute atomic E-state index is 12.3. The fraction of sp³-hybridized carbons (Fsp3) is 0.263. The van der Waals surface area contributed by atoms with E-state index in [1.54, 1.807) is 6.07 Å². The van der Waals surface area contributed by atoms with Crippen molar-refractivity contribution in [1.29, 1.82) is 0 Å².